The lowest BCUT2D eigenvalue weighted by molar-refractivity contribution is 0.581. The molecular formula is C10H8Cl3N3O2S. The van der Waals surface area contributed by atoms with Gasteiger partial charge in [0.25, 0.3) is 0 Å². The summed E-state index contributed by atoms with van der Waals surface area (Å²) in [5, 5.41) is 6.50. The molecule has 2 rings (SSSR count). The molecule has 0 fully saturated rings. The fraction of sp³-hybridized carbons (Fsp3) is 0.100. The molecule has 19 heavy (non-hydrogen) atoms. The molecule has 0 aliphatic rings. The molecule has 0 aliphatic heterocycles. The first kappa shape index (κ1) is 14.6. The van der Waals surface area contributed by atoms with Crippen LogP contribution in [0.15, 0.2) is 29.4 Å². The largest absolute Gasteiger partial charge is 0.285 e. The summed E-state index contributed by atoms with van der Waals surface area (Å²) in [5.41, 5.74) is 0.685. The van der Waals surface area contributed by atoms with Crippen molar-refractivity contribution < 1.29 is 8.42 Å². The second-order valence-electron chi connectivity index (χ2n) is 3.63. The summed E-state index contributed by atoms with van der Waals surface area (Å²) in [6.45, 7) is 0.0775. The topological polar surface area (TPSA) is 74.8 Å². The van der Waals surface area contributed by atoms with Gasteiger partial charge in [0.15, 0.2) is 0 Å². The normalized spacial score (nSPS) is 11.7. The third-order valence-electron chi connectivity index (χ3n) is 2.25. The molecule has 0 spiro atoms. The molecule has 2 aromatic rings. The van der Waals surface area contributed by atoms with Crippen LogP contribution in [0.25, 0.3) is 0 Å². The minimum absolute atomic E-state index is 0.0304. The lowest BCUT2D eigenvalue weighted by Gasteiger charge is -2.09. The Kier molecular flexibility index (Phi) is 4.37. The fourth-order valence-corrected chi connectivity index (χ4v) is 3.97. The Balaban J connectivity index is 2.29. The summed E-state index contributed by atoms with van der Waals surface area (Å²) in [4.78, 5) is -0.191. The second kappa shape index (κ2) is 5.68. The van der Waals surface area contributed by atoms with E-state index < -0.39 is 10.0 Å². The van der Waals surface area contributed by atoms with E-state index in [1.54, 1.807) is 6.20 Å². The predicted molar refractivity (Wildman–Crippen MR) is 74.1 cm³/mol. The fourth-order valence-electron chi connectivity index (χ4n) is 1.41. The van der Waals surface area contributed by atoms with Gasteiger partial charge in [-0.2, -0.15) is 5.10 Å². The Morgan fingerprint density at radius 2 is 1.84 bits per heavy atom. The molecule has 0 saturated carbocycles. The van der Waals surface area contributed by atoms with E-state index in [9.17, 15) is 8.42 Å². The summed E-state index contributed by atoms with van der Waals surface area (Å²) < 4.78 is 26.6. The van der Waals surface area contributed by atoms with E-state index in [0.717, 1.165) is 0 Å². The highest BCUT2D eigenvalue weighted by molar-refractivity contribution is 7.89. The molecule has 0 aliphatic carbocycles. The van der Waals surface area contributed by atoms with Gasteiger partial charge in [0, 0.05) is 23.3 Å². The van der Waals surface area contributed by atoms with Gasteiger partial charge < -0.3 is 0 Å². The highest BCUT2D eigenvalue weighted by atomic mass is 35.5. The molecule has 0 saturated heterocycles. The van der Waals surface area contributed by atoms with Crippen molar-refractivity contribution in [2.45, 2.75) is 11.4 Å². The maximum absolute atomic E-state index is 12.1. The molecule has 0 unspecified atom stereocenters. The quantitative estimate of drug-likeness (QED) is 0.898. The predicted octanol–water partition coefficient (Wildman–Crippen LogP) is 2.85. The molecule has 1 aromatic heterocycles. The van der Waals surface area contributed by atoms with E-state index in [2.05, 4.69) is 14.9 Å². The van der Waals surface area contributed by atoms with Crippen LogP contribution in [0.5, 0.6) is 0 Å². The van der Waals surface area contributed by atoms with E-state index in [1.165, 1.54) is 18.3 Å². The molecule has 0 bridgehead atoms. The van der Waals surface area contributed by atoms with Crippen LogP contribution in [-0.4, -0.2) is 18.6 Å². The highest BCUT2D eigenvalue weighted by Gasteiger charge is 2.22. The first-order chi connectivity index (χ1) is 8.90. The van der Waals surface area contributed by atoms with Crippen molar-refractivity contribution >= 4 is 44.8 Å². The molecule has 0 radical (unpaired) electrons. The van der Waals surface area contributed by atoms with Gasteiger partial charge in [-0.1, -0.05) is 34.8 Å². The monoisotopic (exact) mass is 339 g/mol. The second-order valence-corrected chi connectivity index (χ2v) is 6.58. The average molecular weight is 341 g/mol. The van der Waals surface area contributed by atoms with Crippen LogP contribution >= 0.6 is 34.8 Å². The molecule has 1 heterocycles. The molecule has 9 heteroatoms. The summed E-state index contributed by atoms with van der Waals surface area (Å²) in [7, 11) is -3.83. The van der Waals surface area contributed by atoms with Crippen LogP contribution in [0.4, 0.5) is 0 Å². The van der Waals surface area contributed by atoms with Crippen LogP contribution < -0.4 is 4.72 Å². The number of benzene rings is 1. The SMILES string of the molecule is O=S(=O)(NCc1cn[nH]c1)c1c(Cl)cc(Cl)cc1Cl. The Morgan fingerprint density at radius 3 is 2.37 bits per heavy atom. The van der Waals surface area contributed by atoms with Crippen molar-refractivity contribution in [1.82, 2.24) is 14.9 Å². The van der Waals surface area contributed by atoms with Crippen molar-refractivity contribution in [3.05, 3.63) is 45.2 Å². The van der Waals surface area contributed by atoms with Gasteiger partial charge in [-0.3, -0.25) is 5.10 Å². The number of H-pyrrole nitrogens is 1. The standard InChI is InChI=1S/C10H8Cl3N3O2S/c11-7-1-8(12)10(9(13)2-7)19(17,18)16-5-6-3-14-15-4-6/h1-4,16H,5H2,(H,14,15). The molecule has 5 nitrogen and oxygen atoms in total. The van der Waals surface area contributed by atoms with Crippen LogP contribution in [0, 0.1) is 0 Å². The Labute approximate surface area is 124 Å². The first-order valence-electron chi connectivity index (χ1n) is 5.02. The Bertz CT molecular complexity index is 663. The summed E-state index contributed by atoms with van der Waals surface area (Å²) in [6.07, 6.45) is 3.08. The van der Waals surface area contributed by atoms with E-state index in [-0.39, 0.29) is 26.5 Å². The van der Waals surface area contributed by atoms with Gasteiger partial charge in [-0.15, -0.1) is 0 Å². The van der Waals surface area contributed by atoms with E-state index in [1.807, 2.05) is 0 Å². The maximum Gasteiger partial charge on any atom is 0.243 e. The summed E-state index contributed by atoms with van der Waals surface area (Å²) in [5.74, 6) is 0. The van der Waals surface area contributed by atoms with E-state index in [0.29, 0.717) is 5.56 Å². The van der Waals surface area contributed by atoms with Crippen molar-refractivity contribution in [3.8, 4) is 0 Å². The molecular weight excluding hydrogens is 333 g/mol. The number of nitrogens with zero attached hydrogens (tertiary/aromatic N) is 1. The van der Waals surface area contributed by atoms with Crippen molar-refractivity contribution in [2.75, 3.05) is 0 Å². The van der Waals surface area contributed by atoms with Crippen LogP contribution in [0.2, 0.25) is 15.1 Å². The van der Waals surface area contributed by atoms with Crippen LogP contribution in [0.3, 0.4) is 0 Å². The highest BCUT2D eigenvalue weighted by Crippen LogP contribution is 2.32. The molecule has 0 amide bonds. The lowest BCUT2D eigenvalue weighted by Crippen LogP contribution is -2.23. The van der Waals surface area contributed by atoms with Gasteiger partial charge >= 0.3 is 0 Å². The van der Waals surface area contributed by atoms with Gasteiger partial charge in [0.1, 0.15) is 4.90 Å². The molecule has 1 aromatic carbocycles. The Morgan fingerprint density at radius 1 is 1.21 bits per heavy atom. The van der Waals surface area contributed by atoms with Crippen molar-refractivity contribution in [3.63, 3.8) is 0 Å². The zero-order chi connectivity index (χ0) is 14.0. The third-order valence-corrected chi connectivity index (χ3v) is 4.79. The van der Waals surface area contributed by atoms with Crippen LogP contribution in [-0.2, 0) is 16.6 Å². The number of rotatable bonds is 4. The maximum atomic E-state index is 12.1. The molecule has 2 N–H and O–H groups in total. The number of nitrogens with one attached hydrogen (secondary N) is 2. The van der Waals surface area contributed by atoms with Gasteiger partial charge in [0.2, 0.25) is 10.0 Å². The molecule has 0 atom stereocenters. The van der Waals surface area contributed by atoms with Crippen molar-refractivity contribution in [2.24, 2.45) is 0 Å². The first-order valence-corrected chi connectivity index (χ1v) is 7.64. The van der Waals surface area contributed by atoms with Crippen LogP contribution in [0.1, 0.15) is 5.56 Å². The zero-order valence-corrected chi connectivity index (χ0v) is 12.4. The van der Waals surface area contributed by atoms with E-state index >= 15 is 0 Å². The zero-order valence-electron chi connectivity index (χ0n) is 9.32. The lowest BCUT2D eigenvalue weighted by atomic mass is 10.4. The number of aromatic nitrogens is 2. The van der Waals surface area contributed by atoms with E-state index in [4.69, 9.17) is 34.8 Å². The number of hydrogen-bond acceptors (Lipinski definition) is 3. The van der Waals surface area contributed by atoms with Gasteiger partial charge in [0.05, 0.1) is 16.2 Å². The average Bonchev–Trinajstić information content (AvgIpc) is 2.77. The Hall–Kier alpha value is -0.790. The van der Waals surface area contributed by atoms with Crippen molar-refractivity contribution in [1.29, 1.82) is 0 Å². The minimum atomic E-state index is -3.83. The summed E-state index contributed by atoms with van der Waals surface area (Å²) >= 11 is 17.5. The number of aromatic amines is 1. The third kappa shape index (κ3) is 3.40. The number of hydrogen-bond donors (Lipinski definition) is 2. The van der Waals surface area contributed by atoms with Gasteiger partial charge in [-0.05, 0) is 12.1 Å². The number of sulfonamides is 1. The molecule has 102 valence electrons. The van der Waals surface area contributed by atoms with Gasteiger partial charge in [-0.25, -0.2) is 13.1 Å². The minimum Gasteiger partial charge on any atom is -0.285 e. The smallest absolute Gasteiger partial charge is 0.243 e. The number of halogens is 3. The summed E-state index contributed by atoms with van der Waals surface area (Å²) in [6, 6.07) is 2.64.